The maximum Gasteiger partial charge on any atom is 0.255 e. The van der Waals surface area contributed by atoms with Gasteiger partial charge in [-0.3, -0.25) is 29.4 Å². The van der Waals surface area contributed by atoms with E-state index in [1.54, 1.807) is 23.2 Å². The van der Waals surface area contributed by atoms with Crippen molar-refractivity contribution in [3.05, 3.63) is 113 Å². The number of piperazine rings is 1. The van der Waals surface area contributed by atoms with Gasteiger partial charge in [0.2, 0.25) is 11.8 Å². The van der Waals surface area contributed by atoms with Gasteiger partial charge in [0.25, 0.3) is 11.8 Å². The first-order chi connectivity index (χ1) is 28.2. The number of nitrogens with one attached hydrogen (secondary N) is 3. The lowest BCUT2D eigenvalue weighted by molar-refractivity contribution is -0.136. The smallest absolute Gasteiger partial charge is 0.255 e. The third-order valence-corrected chi connectivity index (χ3v) is 11.0. The fourth-order valence-corrected chi connectivity index (χ4v) is 7.61. The van der Waals surface area contributed by atoms with Crippen molar-refractivity contribution < 1.29 is 23.9 Å². The zero-order chi connectivity index (χ0) is 40.2. The highest BCUT2D eigenvalue weighted by molar-refractivity contribution is 6.05. The molecular weight excluding hydrogens is 739 g/mol. The molecule has 1 unspecified atom stereocenters. The lowest BCUT2D eigenvalue weighted by Gasteiger charge is -2.36. The largest absolute Gasteiger partial charge is 0.492 e. The van der Waals surface area contributed by atoms with Crippen LogP contribution < -0.4 is 25.6 Å². The van der Waals surface area contributed by atoms with Crippen LogP contribution in [0.1, 0.15) is 63.5 Å². The number of aromatic nitrogens is 5. The highest BCUT2D eigenvalue weighted by Crippen LogP contribution is 2.31. The highest BCUT2D eigenvalue weighted by atomic mass is 16.5. The number of anilines is 2. The molecule has 0 spiro atoms. The van der Waals surface area contributed by atoms with Crippen molar-refractivity contribution >= 4 is 35.0 Å². The average molecular weight is 784 g/mol. The second kappa shape index (κ2) is 16.8. The summed E-state index contributed by atoms with van der Waals surface area (Å²) in [5.74, 6) is 1.11. The molecule has 2 fully saturated rings. The monoisotopic (exact) mass is 783 g/mol. The molecule has 3 aromatic carbocycles. The van der Waals surface area contributed by atoms with Crippen LogP contribution in [0, 0.1) is 0 Å². The first kappa shape index (κ1) is 38.2. The second-order valence-corrected chi connectivity index (χ2v) is 14.7. The third-order valence-electron chi connectivity index (χ3n) is 11.0. The summed E-state index contributed by atoms with van der Waals surface area (Å²) in [7, 11) is 1.88. The SMILES string of the molecule is C[C@@H](NC(=O)c1cccc(NCc2nnc(-c3ccncn3)n2C)c1)c1ccc(OCCN2CCN(c3ccc4c(c3)CN(C3CCC(=O)NC3=O)C4=O)CC2)cc1. The summed E-state index contributed by atoms with van der Waals surface area (Å²) in [5, 5.41) is 17.4. The first-order valence-electron chi connectivity index (χ1n) is 19.5. The Morgan fingerprint density at radius 1 is 0.983 bits per heavy atom. The number of hydrogen-bond donors (Lipinski definition) is 3. The van der Waals surface area contributed by atoms with Crippen LogP contribution in [0.15, 0.2) is 85.3 Å². The van der Waals surface area contributed by atoms with Crippen LogP contribution in [-0.2, 0) is 29.7 Å². The maximum absolute atomic E-state index is 13.2. The molecule has 0 saturated carbocycles. The average Bonchev–Trinajstić information content (AvgIpc) is 3.78. The standard InChI is InChI=1S/C42H45N11O5/c1-27(46-40(55)29-4-3-5-31(22-29)44-24-37-48-49-39(50(37)2)35-14-15-43-26-45-35)28-6-9-33(10-7-28)58-21-20-51-16-18-52(19-17-51)32-8-11-34-30(23-32)25-53(42(34)57)36-12-13-38(54)47-41(36)56/h3-11,14-15,22-23,26-27,36,44H,12-13,16-21,24-25H2,1-2H3,(H,46,55)(H,47,54,56)/t27-,36?/m1/s1. The van der Waals surface area contributed by atoms with Gasteiger partial charge >= 0.3 is 0 Å². The van der Waals surface area contributed by atoms with E-state index >= 15 is 0 Å². The summed E-state index contributed by atoms with van der Waals surface area (Å²) in [4.78, 5) is 64.8. The van der Waals surface area contributed by atoms with E-state index in [9.17, 15) is 19.2 Å². The minimum Gasteiger partial charge on any atom is -0.492 e. The number of benzene rings is 3. The molecule has 0 bridgehead atoms. The van der Waals surface area contributed by atoms with Crippen molar-refractivity contribution in [3.63, 3.8) is 0 Å². The molecular formula is C42H45N11O5. The Hall–Kier alpha value is -6.68. The predicted molar refractivity (Wildman–Crippen MR) is 215 cm³/mol. The minimum atomic E-state index is -0.616. The van der Waals surface area contributed by atoms with Gasteiger partial charge in [-0.2, -0.15) is 0 Å². The van der Waals surface area contributed by atoms with Crippen LogP contribution in [0.4, 0.5) is 11.4 Å². The van der Waals surface area contributed by atoms with Gasteiger partial charge in [0.15, 0.2) is 11.6 Å². The molecule has 3 N–H and O–H groups in total. The van der Waals surface area contributed by atoms with Gasteiger partial charge in [-0.15, -0.1) is 10.2 Å². The van der Waals surface area contributed by atoms with Crippen molar-refractivity contribution in [1.29, 1.82) is 0 Å². The fraction of sp³-hybridized carbons (Fsp3) is 0.333. The summed E-state index contributed by atoms with van der Waals surface area (Å²) in [6.07, 6.45) is 3.73. The van der Waals surface area contributed by atoms with Gasteiger partial charge in [0.1, 0.15) is 30.4 Å². The van der Waals surface area contributed by atoms with Crippen molar-refractivity contribution in [1.82, 2.24) is 45.2 Å². The quantitative estimate of drug-likeness (QED) is 0.149. The Labute approximate surface area is 335 Å². The third kappa shape index (κ3) is 8.37. The van der Waals surface area contributed by atoms with E-state index < -0.39 is 11.9 Å². The molecule has 2 saturated heterocycles. The zero-order valence-electron chi connectivity index (χ0n) is 32.4. The van der Waals surface area contributed by atoms with Gasteiger partial charge in [-0.05, 0) is 79.1 Å². The van der Waals surface area contributed by atoms with Gasteiger partial charge < -0.3 is 29.7 Å². The molecule has 58 heavy (non-hydrogen) atoms. The van der Waals surface area contributed by atoms with Crippen LogP contribution in [0.2, 0.25) is 0 Å². The molecule has 5 aromatic rings. The van der Waals surface area contributed by atoms with E-state index in [4.69, 9.17) is 4.74 Å². The summed E-state index contributed by atoms with van der Waals surface area (Å²) < 4.78 is 7.96. The lowest BCUT2D eigenvalue weighted by atomic mass is 10.0. The van der Waals surface area contributed by atoms with Crippen LogP contribution in [0.5, 0.6) is 5.75 Å². The van der Waals surface area contributed by atoms with Gasteiger partial charge in [-0.1, -0.05) is 18.2 Å². The van der Waals surface area contributed by atoms with Gasteiger partial charge in [0.05, 0.1) is 12.6 Å². The number of amides is 4. The Balaban J connectivity index is 0.762. The highest BCUT2D eigenvalue weighted by Gasteiger charge is 2.39. The molecule has 3 aliphatic heterocycles. The summed E-state index contributed by atoms with van der Waals surface area (Å²) in [6, 6.07) is 22.0. The van der Waals surface area contributed by atoms with Crippen molar-refractivity contribution in [2.75, 3.05) is 49.5 Å². The molecule has 298 valence electrons. The molecule has 5 heterocycles. The normalized spacial score (nSPS) is 17.5. The maximum atomic E-state index is 13.2. The number of carbonyl (C=O) groups is 4. The number of piperidine rings is 1. The molecule has 2 atom stereocenters. The number of carbonyl (C=O) groups excluding carboxylic acids is 4. The van der Waals surface area contributed by atoms with Crippen LogP contribution >= 0.6 is 0 Å². The van der Waals surface area contributed by atoms with E-state index in [1.807, 2.05) is 73.1 Å². The fourth-order valence-electron chi connectivity index (χ4n) is 7.61. The summed E-state index contributed by atoms with van der Waals surface area (Å²) in [5.41, 5.74) is 5.58. The molecule has 0 radical (unpaired) electrons. The second-order valence-electron chi connectivity index (χ2n) is 14.7. The van der Waals surface area contributed by atoms with E-state index in [0.29, 0.717) is 48.8 Å². The molecule has 0 aliphatic carbocycles. The molecule has 16 heteroatoms. The van der Waals surface area contributed by atoms with Crippen LogP contribution in [-0.4, -0.2) is 104 Å². The van der Waals surface area contributed by atoms with Crippen molar-refractivity contribution in [2.24, 2.45) is 7.05 Å². The topological polar surface area (TPSA) is 180 Å². The van der Waals surface area contributed by atoms with Crippen LogP contribution in [0.25, 0.3) is 11.5 Å². The number of rotatable bonds is 13. The van der Waals surface area contributed by atoms with Crippen LogP contribution in [0.3, 0.4) is 0 Å². The van der Waals surface area contributed by atoms with Gasteiger partial charge in [-0.25, -0.2) is 9.97 Å². The minimum absolute atomic E-state index is 0.158. The zero-order valence-corrected chi connectivity index (χ0v) is 32.4. The van der Waals surface area contributed by atoms with Gasteiger partial charge in [0, 0.05) is 81.4 Å². The number of imide groups is 1. The van der Waals surface area contributed by atoms with E-state index in [-0.39, 0.29) is 30.2 Å². The van der Waals surface area contributed by atoms with Crippen molar-refractivity contribution in [2.45, 2.75) is 44.9 Å². The van der Waals surface area contributed by atoms with Crippen molar-refractivity contribution in [3.8, 4) is 17.3 Å². The Kier molecular flexibility index (Phi) is 11.1. The van der Waals surface area contributed by atoms with E-state index in [0.717, 1.165) is 66.8 Å². The van der Waals surface area contributed by atoms with E-state index in [1.165, 1.54) is 6.33 Å². The predicted octanol–water partition coefficient (Wildman–Crippen LogP) is 3.34. The molecule has 8 rings (SSSR count). The number of nitrogens with zero attached hydrogens (tertiary/aromatic N) is 8. The molecule has 4 amide bonds. The lowest BCUT2D eigenvalue weighted by Crippen LogP contribution is -2.52. The first-order valence-corrected chi connectivity index (χ1v) is 19.5. The number of fused-ring (bicyclic) bond motifs is 1. The number of ether oxygens (including phenoxy) is 1. The molecule has 2 aromatic heterocycles. The Morgan fingerprint density at radius 2 is 1.81 bits per heavy atom. The Morgan fingerprint density at radius 3 is 2.59 bits per heavy atom. The summed E-state index contributed by atoms with van der Waals surface area (Å²) >= 11 is 0. The Bertz CT molecular complexity index is 2310. The number of hydrogen-bond acceptors (Lipinski definition) is 12. The van der Waals surface area contributed by atoms with E-state index in [2.05, 4.69) is 52.0 Å². The summed E-state index contributed by atoms with van der Waals surface area (Å²) in [6.45, 7) is 7.53. The molecule has 16 nitrogen and oxygen atoms in total. The molecule has 3 aliphatic rings.